The van der Waals surface area contributed by atoms with E-state index in [2.05, 4.69) is 10.3 Å². The molecule has 2 aliphatic heterocycles. The van der Waals surface area contributed by atoms with Crippen molar-refractivity contribution in [1.82, 2.24) is 19.9 Å². The summed E-state index contributed by atoms with van der Waals surface area (Å²) in [5.74, 6) is -0.874. The lowest BCUT2D eigenvalue weighted by Crippen LogP contribution is -2.55. The maximum Gasteiger partial charge on any atom is 0.522 e. The number of ether oxygens (including phenoxy) is 1. The second kappa shape index (κ2) is 8.71. The summed E-state index contributed by atoms with van der Waals surface area (Å²) in [7, 11) is -1.02. The van der Waals surface area contributed by atoms with Gasteiger partial charge in [-0.25, -0.2) is 9.48 Å². The number of allylic oxidation sites excluding steroid dienone is 2. The smallest absolute Gasteiger partial charge is 0.522 e. The molecule has 0 radical (unpaired) electrons. The number of aliphatic hydroxyl groups is 1. The molecular weight excluding hydrogens is 407 g/mol. The number of aliphatic carboxylic acids is 1. The highest BCUT2D eigenvalue weighted by Crippen LogP contribution is 2.41. The number of aromatic nitrogens is 3. The highest BCUT2D eigenvalue weighted by Gasteiger charge is 2.41. The Bertz CT molecular complexity index is 937. The Labute approximate surface area is 179 Å². The number of carbonyl (C=O) groups excluding carboxylic acids is 1. The minimum Gasteiger partial charge on any atom is -0.535 e. The first-order valence-electron chi connectivity index (χ1n) is 10.3. The average molecular weight is 432 g/mol. The number of carbonyl (C=O) groups is 2. The molecule has 3 N–H and O–H groups in total. The number of carboxylic acid groups (broad SMARTS) is 1. The summed E-state index contributed by atoms with van der Waals surface area (Å²) in [6.07, 6.45) is 3.35. The fourth-order valence-electron chi connectivity index (χ4n) is 4.10. The first-order chi connectivity index (χ1) is 14.9. The Morgan fingerprint density at radius 3 is 2.87 bits per heavy atom. The van der Waals surface area contributed by atoms with Crippen molar-refractivity contribution < 1.29 is 34.2 Å². The number of likely N-dealkylation sites (tertiary alicyclic amines) is 1. The normalized spacial score (nSPS) is 21.6. The summed E-state index contributed by atoms with van der Waals surface area (Å²) in [6.45, 7) is 2.59. The third kappa shape index (κ3) is 4.44. The fraction of sp³-hybridized carbons (Fsp3) is 0.579. The molecule has 0 spiro atoms. The van der Waals surface area contributed by atoms with Gasteiger partial charge in [0.1, 0.15) is 29.7 Å². The van der Waals surface area contributed by atoms with Gasteiger partial charge in [-0.15, -0.1) is 5.10 Å². The lowest BCUT2D eigenvalue weighted by atomic mass is 9.74. The van der Waals surface area contributed by atoms with E-state index in [0.29, 0.717) is 50.1 Å². The predicted octanol–water partition coefficient (Wildman–Crippen LogP) is -0.426. The molecule has 1 amide bonds. The van der Waals surface area contributed by atoms with E-state index in [4.69, 9.17) is 14.5 Å². The third-order valence-electron chi connectivity index (χ3n) is 5.70. The van der Waals surface area contributed by atoms with Crippen LogP contribution in [0, 0.1) is 5.92 Å². The van der Waals surface area contributed by atoms with Gasteiger partial charge in [-0.1, -0.05) is 12.1 Å². The minimum atomic E-state index is -1.15. The van der Waals surface area contributed by atoms with Crippen molar-refractivity contribution >= 4 is 19.0 Å². The molecule has 31 heavy (non-hydrogen) atoms. The summed E-state index contributed by atoms with van der Waals surface area (Å²) >= 11 is 0. The van der Waals surface area contributed by atoms with Crippen LogP contribution in [0.1, 0.15) is 25.5 Å². The molecule has 1 aliphatic carbocycles. The zero-order valence-electron chi connectivity index (χ0n) is 17.2. The molecule has 1 saturated heterocycles. The van der Waals surface area contributed by atoms with Gasteiger partial charge in [-0.3, -0.25) is 4.79 Å². The highest BCUT2D eigenvalue weighted by molar-refractivity contribution is 6.43. The summed E-state index contributed by atoms with van der Waals surface area (Å²) in [4.78, 5) is 26.0. The van der Waals surface area contributed by atoms with Crippen molar-refractivity contribution in [2.45, 2.75) is 45.2 Å². The van der Waals surface area contributed by atoms with Crippen LogP contribution in [0.5, 0.6) is 0 Å². The van der Waals surface area contributed by atoms with Gasteiger partial charge in [0.25, 0.3) is 0 Å². The second-order valence-electron chi connectivity index (χ2n) is 8.11. The Balaban J connectivity index is 1.39. The molecule has 0 aromatic carbocycles. The van der Waals surface area contributed by atoms with Crippen LogP contribution in [-0.4, -0.2) is 79.9 Å². The average Bonchev–Trinajstić information content (AvgIpc) is 3.11. The number of aliphatic hydroxyl groups excluding tert-OH is 1. The van der Waals surface area contributed by atoms with E-state index in [1.54, 1.807) is 11.1 Å². The molecule has 3 heterocycles. The van der Waals surface area contributed by atoms with Crippen molar-refractivity contribution in [3.05, 3.63) is 34.6 Å². The topological polar surface area (TPSA) is 147 Å². The van der Waals surface area contributed by atoms with Crippen molar-refractivity contribution in [2.24, 2.45) is 5.92 Å². The van der Waals surface area contributed by atoms with Gasteiger partial charge in [0.2, 0.25) is 5.91 Å². The minimum absolute atomic E-state index is 0.0312. The van der Waals surface area contributed by atoms with E-state index >= 15 is 0 Å². The predicted molar refractivity (Wildman–Crippen MR) is 106 cm³/mol. The summed E-state index contributed by atoms with van der Waals surface area (Å²) in [5, 5.41) is 36.3. The van der Waals surface area contributed by atoms with Gasteiger partial charge in [0, 0.05) is 25.1 Å². The van der Waals surface area contributed by atoms with Crippen LogP contribution in [-0.2, 0) is 31.9 Å². The molecule has 12 heteroatoms. The molecule has 0 bridgehead atoms. The number of amides is 1. The van der Waals surface area contributed by atoms with E-state index in [0.717, 1.165) is 5.57 Å². The first kappa shape index (κ1) is 21.4. The SMILES string of the molecule is C[C@H]1CC2=C(OB(O)CC2)C(C(=O)O)=C1OC1CN(C(=O)Cn2cc(CCO)nn2)C1. The Kier molecular flexibility index (Phi) is 6.01. The number of hydrogen-bond donors (Lipinski definition) is 3. The molecule has 0 unspecified atom stereocenters. The van der Waals surface area contributed by atoms with E-state index < -0.39 is 13.1 Å². The van der Waals surface area contributed by atoms with Gasteiger partial charge in [0.05, 0.1) is 18.8 Å². The van der Waals surface area contributed by atoms with Gasteiger partial charge in [0.15, 0.2) is 0 Å². The molecular formula is C19H25BN4O7. The van der Waals surface area contributed by atoms with Crippen LogP contribution < -0.4 is 0 Å². The number of hydrogen-bond acceptors (Lipinski definition) is 8. The van der Waals surface area contributed by atoms with Crippen LogP contribution >= 0.6 is 0 Å². The molecule has 0 saturated carbocycles. The van der Waals surface area contributed by atoms with Crippen molar-refractivity contribution in [3.8, 4) is 0 Å². The largest absolute Gasteiger partial charge is 0.535 e. The van der Waals surface area contributed by atoms with Crippen LogP contribution in [0.3, 0.4) is 0 Å². The van der Waals surface area contributed by atoms with Crippen molar-refractivity contribution in [1.29, 1.82) is 0 Å². The molecule has 166 valence electrons. The van der Waals surface area contributed by atoms with Crippen molar-refractivity contribution in [3.63, 3.8) is 0 Å². The maximum atomic E-state index is 12.4. The van der Waals surface area contributed by atoms with Gasteiger partial charge in [-0.05, 0) is 24.7 Å². The van der Waals surface area contributed by atoms with E-state index in [1.165, 1.54) is 4.68 Å². The second-order valence-corrected chi connectivity index (χ2v) is 8.11. The number of carboxylic acids is 1. The van der Waals surface area contributed by atoms with Gasteiger partial charge < -0.3 is 29.5 Å². The zero-order valence-corrected chi connectivity index (χ0v) is 17.2. The zero-order chi connectivity index (χ0) is 22.1. The van der Waals surface area contributed by atoms with Crippen LogP contribution in [0.25, 0.3) is 0 Å². The number of rotatable bonds is 7. The summed E-state index contributed by atoms with van der Waals surface area (Å²) in [6, 6.07) is 0. The van der Waals surface area contributed by atoms with E-state index in [-0.39, 0.29) is 42.4 Å². The quantitative estimate of drug-likeness (QED) is 0.489. The first-order valence-corrected chi connectivity index (χ1v) is 10.3. The molecule has 1 fully saturated rings. The number of nitrogens with zero attached hydrogens (tertiary/aromatic N) is 4. The van der Waals surface area contributed by atoms with Gasteiger partial charge >= 0.3 is 13.1 Å². The van der Waals surface area contributed by atoms with Crippen LogP contribution in [0.2, 0.25) is 6.32 Å². The molecule has 11 nitrogen and oxygen atoms in total. The molecule has 1 aromatic heterocycles. The van der Waals surface area contributed by atoms with Crippen molar-refractivity contribution in [2.75, 3.05) is 19.7 Å². The lowest BCUT2D eigenvalue weighted by molar-refractivity contribution is -0.144. The van der Waals surface area contributed by atoms with Gasteiger partial charge in [-0.2, -0.15) is 0 Å². The fourth-order valence-corrected chi connectivity index (χ4v) is 4.10. The Hall–Kier alpha value is -2.86. The molecule has 1 aromatic rings. The molecule has 3 aliphatic rings. The molecule has 4 rings (SSSR count). The Morgan fingerprint density at radius 1 is 1.39 bits per heavy atom. The summed E-state index contributed by atoms with van der Waals surface area (Å²) in [5.41, 5.74) is 1.47. The standard InChI is InChI=1S/C19H25BN4O7/c1-11-6-12-2-4-20(29)31-18(12)16(19(27)28)17(11)30-14-8-23(9-14)15(26)10-24-7-13(3-5-25)21-22-24/h7,11,14,25,29H,2-6,8-10H2,1H3,(H,27,28)/t11-/m0/s1. The van der Waals surface area contributed by atoms with Crippen LogP contribution in [0.15, 0.2) is 28.9 Å². The third-order valence-corrected chi connectivity index (χ3v) is 5.70. The van der Waals surface area contributed by atoms with E-state index in [1.807, 2.05) is 6.92 Å². The van der Waals surface area contributed by atoms with Crippen LogP contribution in [0.4, 0.5) is 0 Å². The monoisotopic (exact) mass is 432 g/mol. The van der Waals surface area contributed by atoms with E-state index in [9.17, 15) is 19.7 Å². The highest BCUT2D eigenvalue weighted by atomic mass is 16.5. The Morgan fingerprint density at radius 2 is 2.16 bits per heavy atom. The molecule has 1 atom stereocenters. The summed E-state index contributed by atoms with van der Waals surface area (Å²) < 4.78 is 12.9. The lowest BCUT2D eigenvalue weighted by Gasteiger charge is -2.41. The maximum absolute atomic E-state index is 12.4.